The number of anilines is 2. The fraction of sp³-hybridized carbons (Fsp3) is 0.381. The van der Waals surface area contributed by atoms with Gasteiger partial charge in [-0.2, -0.15) is 0 Å². The molecule has 7 heteroatoms. The molecule has 2 rings (SSSR count). The van der Waals surface area contributed by atoms with E-state index in [4.69, 9.17) is 0 Å². The quantitative estimate of drug-likeness (QED) is 0.600. The van der Waals surface area contributed by atoms with E-state index in [1.807, 2.05) is 38.5 Å². The maximum Gasteiger partial charge on any atom is 0.279 e. The van der Waals surface area contributed by atoms with E-state index >= 15 is 0 Å². The van der Waals surface area contributed by atoms with Crippen LogP contribution in [0.1, 0.15) is 35.6 Å². The third kappa shape index (κ3) is 5.53. The van der Waals surface area contributed by atoms with Gasteiger partial charge < -0.3 is 20.1 Å². The first-order valence-electron chi connectivity index (χ1n) is 9.38. The highest BCUT2D eigenvalue weighted by Crippen LogP contribution is 2.14. The van der Waals surface area contributed by atoms with Gasteiger partial charge in [0.2, 0.25) is 11.7 Å². The highest BCUT2D eigenvalue weighted by molar-refractivity contribution is 5.98. The number of carbonyl (C=O) groups excluding carboxylic acids is 3. The molecule has 150 valence electrons. The van der Waals surface area contributed by atoms with Gasteiger partial charge in [-0.3, -0.25) is 14.4 Å². The number of hydrogen-bond acceptors (Lipinski definition) is 3. The SMILES string of the molecule is CC[NH+](CC(=O)Nc1ccc(NC(C)=O)cc1)CC(=O)c1cc(C)n(C)c1C. The summed E-state index contributed by atoms with van der Waals surface area (Å²) in [6, 6.07) is 8.82. The van der Waals surface area contributed by atoms with E-state index in [1.54, 1.807) is 24.3 Å². The number of aromatic nitrogens is 1. The Hall–Kier alpha value is -2.93. The molecule has 0 aliphatic rings. The molecule has 1 atom stereocenters. The molecule has 0 aliphatic carbocycles. The van der Waals surface area contributed by atoms with E-state index in [0.29, 0.717) is 17.9 Å². The highest BCUT2D eigenvalue weighted by Gasteiger charge is 2.21. The summed E-state index contributed by atoms with van der Waals surface area (Å²) in [4.78, 5) is 37.0. The molecule has 1 heterocycles. The maximum atomic E-state index is 12.7. The summed E-state index contributed by atoms with van der Waals surface area (Å²) in [5.41, 5.74) is 4.03. The Kier molecular flexibility index (Phi) is 7.12. The average molecular weight is 385 g/mol. The van der Waals surface area contributed by atoms with Crippen molar-refractivity contribution >= 4 is 29.0 Å². The molecule has 2 aromatic rings. The molecule has 1 aromatic heterocycles. The second kappa shape index (κ2) is 9.32. The molecule has 3 N–H and O–H groups in total. The minimum atomic E-state index is -0.155. The van der Waals surface area contributed by atoms with Crippen LogP contribution in [0.5, 0.6) is 0 Å². The smallest absolute Gasteiger partial charge is 0.279 e. The van der Waals surface area contributed by atoms with Crippen molar-refractivity contribution in [2.24, 2.45) is 7.05 Å². The van der Waals surface area contributed by atoms with Crippen LogP contribution in [0.15, 0.2) is 30.3 Å². The standard InChI is InChI=1S/C21H28N4O3/c1-6-25(12-20(27)19-11-14(2)24(5)15(19)3)13-21(28)23-18-9-7-17(8-10-18)22-16(4)26/h7-11H,6,12-13H2,1-5H3,(H,22,26)(H,23,28)/p+1. The summed E-state index contributed by atoms with van der Waals surface area (Å²) >= 11 is 0. The van der Waals surface area contributed by atoms with Crippen molar-refractivity contribution in [3.63, 3.8) is 0 Å². The zero-order valence-corrected chi connectivity index (χ0v) is 17.2. The van der Waals surface area contributed by atoms with Crippen molar-refractivity contribution in [3.8, 4) is 0 Å². The van der Waals surface area contributed by atoms with Crippen LogP contribution >= 0.6 is 0 Å². The molecule has 7 nitrogen and oxygen atoms in total. The van der Waals surface area contributed by atoms with E-state index in [-0.39, 0.29) is 30.7 Å². The van der Waals surface area contributed by atoms with Gasteiger partial charge in [-0.15, -0.1) is 0 Å². The number of ketones is 1. The number of benzene rings is 1. The number of amides is 2. The van der Waals surface area contributed by atoms with Crippen molar-refractivity contribution in [1.82, 2.24) is 4.57 Å². The number of carbonyl (C=O) groups is 3. The molecule has 0 saturated heterocycles. The number of aryl methyl sites for hydroxylation is 1. The zero-order valence-electron chi connectivity index (χ0n) is 17.2. The summed E-state index contributed by atoms with van der Waals surface area (Å²) in [5.74, 6) is -0.254. The Morgan fingerprint density at radius 2 is 1.57 bits per heavy atom. The van der Waals surface area contributed by atoms with Gasteiger partial charge in [-0.05, 0) is 51.1 Å². The van der Waals surface area contributed by atoms with E-state index < -0.39 is 0 Å². The third-order valence-electron chi connectivity index (χ3n) is 4.89. The highest BCUT2D eigenvalue weighted by atomic mass is 16.2. The summed E-state index contributed by atoms with van der Waals surface area (Å²) in [7, 11) is 1.94. The number of hydrogen-bond donors (Lipinski definition) is 3. The third-order valence-corrected chi connectivity index (χ3v) is 4.89. The molecular weight excluding hydrogens is 356 g/mol. The lowest BCUT2D eigenvalue weighted by molar-refractivity contribution is -0.881. The maximum absolute atomic E-state index is 12.7. The lowest BCUT2D eigenvalue weighted by Crippen LogP contribution is -3.13. The van der Waals surface area contributed by atoms with Gasteiger partial charge in [0.05, 0.1) is 6.54 Å². The van der Waals surface area contributed by atoms with Crippen molar-refractivity contribution in [2.45, 2.75) is 27.7 Å². The van der Waals surface area contributed by atoms with Crippen LogP contribution in [0.25, 0.3) is 0 Å². The predicted octanol–water partition coefficient (Wildman–Crippen LogP) is 1.33. The van der Waals surface area contributed by atoms with Gasteiger partial charge in [-0.25, -0.2) is 0 Å². The lowest BCUT2D eigenvalue weighted by Gasteiger charge is -2.16. The van der Waals surface area contributed by atoms with Gasteiger partial charge >= 0.3 is 0 Å². The molecule has 0 spiro atoms. The Morgan fingerprint density at radius 3 is 2.04 bits per heavy atom. The van der Waals surface area contributed by atoms with Gasteiger partial charge in [-0.1, -0.05) is 0 Å². The molecule has 0 bridgehead atoms. The fourth-order valence-corrected chi connectivity index (χ4v) is 3.04. The molecule has 0 radical (unpaired) electrons. The fourth-order valence-electron chi connectivity index (χ4n) is 3.04. The first-order valence-corrected chi connectivity index (χ1v) is 9.38. The number of Topliss-reactive ketones (excluding diaryl/α,β-unsaturated/α-hetero) is 1. The van der Waals surface area contributed by atoms with E-state index in [1.165, 1.54) is 6.92 Å². The summed E-state index contributed by atoms with van der Waals surface area (Å²) in [6.07, 6.45) is 0. The summed E-state index contributed by atoms with van der Waals surface area (Å²) in [6.45, 7) is 8.46. The van der Waals surface area contributed by atoms with Crippen molar-refractivity contribution < 1.29 is 19.3 Å². The van der Waals surface area contributed by atoms with Gasteiger partial charge in [0.1, 0.15) is 6.54 Å². The average Bonchev–Trinajstić information content (AvgIpc) is 2.89. The number of nitrogens with zero attached hydrogens (tertiary/aromatic N) is 1. The molecule has 0 saturated carbocycles. The molecule has 0 fully saturated rings. The van der Waals surface area contributed by atoms with E-state index in [9.17, 15) is 14.4 Å². The van der Waals surface area contributed by atoms with Crippen LogP contribution in [0.3, 0.4) is 0 Å². The van der Waals surface area contributed by atoms with Crippen molar-refractivity contribution in [1.29, 1.82) is 0 Å². The predicted molar refractivity (Wildman–Crippen MR) is 110 cm³/mol. The minimum absolute atomic E-state index is 0.0468. The van der Waals surface area contributed by atoms with E-state index in [0.717, 1.165) is 21.9 Å². The van der Waals surface area contributed by atoms with Crippen LogP contribution in [-0.4, -0.2) is 41.8 Å². The number of likely N-dealkylation sites (N-methyl/N-ethyl adjacent to an activating group) is 1. The molecule has 2 amide bonds. The second-order valence-electron chi connectivity index (χ2n) is 7.03. The first kappa shape index (κ1) is 21.4. The van der Waals surface area contributed by atoms with Crippen LogP contribution in [0.4, 0.5) is 11.4 Å². The van der Waals surface area contributed by atoms with Gasteiger partial charge in [0, 0.05) is 42.3 Å². The zero-order chi connectivity index (χ0) is 20.8. The molecule has 1 unspecified atom stereocenters. The normalized spacial score (nSPS) is 11.8. The second-order valence-corrected chi connectivity index (χ2v) is 7.03. The van der Waals surface area contributed by atoms with Crippen molar-refractivity contribution in [3.05, 3.63) is 47.3 Å². The van der Waals surface area contributed by atoms with E-state index in [2.05, 4.69) is 10.6 Å². The van der Waals surface area contributed by atoms with Gasteiger partial charge in [0.15, 0.2) is 6.54 Å². The molecular formula is C21H29N4O3+. The molecule has 0 aliphatic heterocycles. The monoisotopic (exact) mass is 385 g/mol. The largest absolute Gasteiger partial charge is 0.351 e. The first-order chi connectivity index (χ1) is 13.2. The van der Waals surface area contributed by atoms with Crippen LogP contribution in [-0.2, 0) is 16.6 Å². The number of nitrogens with one attached hydrogen (secondary N) is 3. The summed E-state index contributed by atoms with van der Waals surface area (Å²) in [5, 5.41) is 5.52. The lowest BCUT2D eigenvalue weighted by atomic mass is 10.1. The van der Waals surface area contributed by atoms with Crippen molar-refractivity contribution in [2.75, 3.05) is 30.3 Å². The topological polar surface area (TPSA) is 84.6 Å². The number of quaternary nitrogens is 1. The molecule has 1 aromatic carbocycles. The Bertz CT molecular complexity index is 869. The van der Waals surface area contributed by atoms with Crippen LogP contribution in [0.2, 0.25) is 0 Å². The minimum Gasteiger partial charge on any atom is -0.351 e. The molecule has 28 heavy (non-hydrogen) atoms. The Morgan fingerprint density at radius 1 is 1.00 bits per heavy atom. The van der Waals surface area contributed by atoms with Crippen LogP contribution in [0, 0.1) is 13.8 Å². The van der Waals surface area contributed by atoms with Gasteiger partial charge in [0.25, 0.3) is 5.91 Å². The number of rotatable bonds is 8. The van der Waals surface area contributed by atoms with Crippen LogP contribution < -0.4 is 15.5 Å². The Labute approximate surface area is 165 Å². The Balaban J connectivity index is 1.94. The summed E-state index contributed by atoms with van der Waals surface area (Å²) < 4.78 is 2.00.